The number of aldehydes is 1. The molecule has 0 atom stereocenters. The standard InChI is InChI=1S/C13H19NO/c1-5-12(9-15)8-13-7-10(3)14(6-2)11(13)4/h7-9H,5-6H2,1-4H3. The molecule has 0 aliphatic heterocycles. The second-order valence-electron chi connectivity index (χ2n) is 3.76. The Balaban J connectivity index is 3.16. The normalized spacial score (nSPS) is 11.9. The van der Waals surface area contributed by atoms with Crippen molar-refractivity contribution in [2.24, 2.45) is 0 Å². The summed E-state index contributed by atoms with van der Waals surface area (Å²) in [5, 5.41) is 0. The van der Waals surface area contributed by atoms with Gasteiger partial charge in [0, 0.05) is 17.9 Å². The van der Waals surface area contributed by atoms with Gasteiger partial charge >= 0.3 is 0 Å². The van der Waals surface area contributed by atoms with E-state index in [2.05, 4.69) is 31.4 Å². The molecule has 0 saturated carbocycles. The molecule has 0 aliphatic carbocycles. The topological polar surface area (TPSA) is 22.0 Å². The first kappa shape index (κ1) is 11.8. The summed E-state index contributed by atoms with van der Waals surface area (Å²) in [7, 11) is 0. The van der Waals surface area contributed by atoms with E-state index >= 15 is 0 Å². The van der Waals surface area contributed by atoms with Gasteiger partial charge in [-0.15, -0.1) is 0 Å². The lowest BCUT2D eigenvalue weighted by Gasteiger charge is -2.04. The van der Waals surface area contributed by atoms with E-state index in [1.165, 1.54) is 17.0 Å². The van der Waals surface area contributed by atoms with Gasteiger partial charge in [-0.25, -0.2) is 0 Å². The average Bonchev–Trinajstić information content (AvgIpc) is 2.50. The zero-order valence-corrected chi connectivity index (χ0v) is 10.0. The second-order valence-corrected chi connectivity index (χ2v) is 3.76. The van der Waals surface area contributed by atoms with Crippen molar-refractivity contribution in [2.45, 2.75) is 40.7 Å². The lowest BCUT2D eigenvalue weighted by atomic mass is 10.1. The van der Waals surface area contributed by atoms with Crippen LogP contribution in [0, 0.1) is 13.8 Å². The van der Waals surface area contributed by atoms with Gasteiger partial charge in [0.05, 0.1) is 0 Å². The van der Waals surface area contributed by atoms with Gasteiger partial charge in [-0.1, -0.05) is 6.92 Å². The van der Waals surface area contributed by atoms with Gasteiger partial charge < -0.3 is 4.57 Å². The predicted molar refractivity (Wildman–Crippen MR) is 63.9 cm³/mol. The smallest absolute Gasteiger partial charge is 0.146 e. The van der Waals surface area contributed by atoms with E-state index in [0.29, 0.717) is 0 Å². The Labute approximate surface area is 91.6 Å². The molecule has 0 radical (unpaired) electrons. The van der Waals surface area contributed by atoms with E-state index in [4.69, 9.17) is 0 Å². The zero-order valence-electron chi connectivity index (χ0n) is 10.0. The molecule has 0 bridgehead atoms. The minimum absolute atomic E-state index is 0.791. The van der Waals surface area contributed by atoms with E-state index in [0.717, 1.165) is 24.8 Å². The lowest BCUT2D eigenvalue weighted by molar-refractivity contribution is -0.104. The molecule has 0 aliphatic rings. The van der Waals surface area contributed by atoms with Gasteiger partial charge in [0.25, 0.3) is 0 Å². The van der Waals surface area contributed by atoms with E-state index in [-0.39, 0.29) is 0 Å². The number of carbonyl (C=O) groups excluding carboxylic acids is 1. The largest absolute Gasteiger partial charge is 0.349 e. The maximum atomic E-state index is 10.7. The molecule has 15 heavy (non-hydrogen) atoms. The summed E-state index contributed by atoms with van der Waals surface area (Å²) in [6.07, 6.45) is 3.72. The third-order valence-corrected chi connectivity index (χ3v) is 2.83. The quantitative estimate of drug-likeness (QED) is 0.547. The van der Waals surface area contributed by atoms with E-state index < -0.39 is 0 Å². The average molecular weight is 205 g/mol. The highest BCUT2D eigenvalue weighted by Gasteiger charge is 2.05. The lowest BCUT2D eigenvalue weighted by Crippen LogP contribution is -1.98. The van der Waals surface area contributed by atoms with Gasteiger partial charge in [-0.3, -0.25) is 4.79 Å². The van der Waals surface area contributed by atoms with Crippen LogP contribution in [0.4, 0.5) is 0 Å². The molecule has 1 heterocycles. The van der Waals surface area contributed by atoms with Gasteiger partial charge in [0.2, 0.25) is 0 Å². The van der Waals surface area contributed by atoms with Gasteiger partial charge in [0.1, 0.15) is 6.29 Å². The fraction of sp³-hybridized carbons (Fsp3) is 0.462. The minimum Gasteiger partial charge on any atom is -0.349 e. The number of rotatable bonds is 4. The van der Waals surface area contributed by atoms with Crippen LogP contribution in [-0.4, -0.2) is 10.9 Å². The third-order valence-electron chi connectivity index (χ3n) is 2.83. The fourth-order valence-electron chi connectivity index (χ4n) is 1.88. The van der Waals surface area contributed by atoms with Crippen LogP contribution in [0.1, 0.15) is 37.2 Å². The van der Waals surface area contributed by atoms with Crippen molar-refractivity contribution in [1.82, 2.24) is 4.57 Å². The summed E-state index contributed by atoms with van der Waals surface area (Å²) in [5.41, 5.74) is 4.51. The number of nitrogens with zero attached hydrogens (tertiary/aromatic N) is 1. The SMILES string of the molecule is CCC(C=O)=Cc1cc(C)n(CC)c1C. The Morgan fingerprint density at radius 3 is 2.47 bits per heavy atom. The highest BCUT2D eigenvalue weighted by molar-refractivity contribution is 5.82. The van der Waals surface area contributed by atoms with Crippen LogP contribution < -0.4 is 0 Å². The summed E-state index contributed by atoms with van der Waals surface area (Å²) in [5.74, 6) is 0. The van der Waals surface area contributed by atoms with E-state index in [1.807, 2.05) is 13.0 Å². The molecule has 1 rings (SSSR count). The van der Waals surface area contributed by atoms with E-state index in [9.17, 15) is 4.79 Å². The molecule has 82 valence electrons. The fourth-order valence-corrected chi connectivity index (χ4v) is 1.88. The summed E-state index contributed by atoms with van der Waals surface area (Å²) < 4.78 is 2.25. The van der Waals surface area contributed by atoms with Crippen molar-refractivity contribution in [3.63, 3.8) is 0 Å². The van der Waals surface area contributed by atoms with Gasteiger partial charge in [0.15, 0.2) is 0 Å². The van der Waals surface area contributed by atoms with Crippen molar-refractivity contribution >= 4 is 12.4 Å². The number of carbonyl (C=O) groups is 1. The molecule has 1 aromatic rings. The predicted octanol–water partition coefficient (Wildman–Crippen LogP) is 3.12. The Kier molecular flexibility index (Phi) is 3.89. The molecule has 0 saturated heterocycles. The first-order valence-corrected chi connectivity index (χ1v) is 5.46. The molecule has 0 fully saturated rings. The summed E-state index contributed by atoms with van der Waals surface area (Å²) >= 11 is 0. The molecule has 1 aromatic heterocycles. The van der Waals surface area contributed by atoms with Crippen LogP contribution >= 0.6 is 0 Å². The van der Waals surface area contributed by atoms with Crippen molar-refractivity contribution in [1.29, 1.82) is 0 Å². The number of hydrogen-bond donors (Lipinski definition) is 0. The highest BCUT2D eigenvalue weighted by atomic mass is 16.1. The third kappa shape index (κ3) is 2.38. The number of aromatic nitrogens is 1. The second kappa shape index (κ2) is 4.96. The van der Waals surface area contributed by atoms with Crippen molar-refractivity contribution in [3.8, 4) is 0 Å². The van der Waals surface area contributed by atoms with Gasteiger partial charge in [-0.2, -0.15) is 0 Å². The minimum atomic E-state index is 0.791. The Hall–Kier alpha value is -1.31. The molecule has 2 heteroatoms. The van der Waals surface area contributed by atoms with Crippen molar-refractivity contribution < 1.29 is 4.79 Å². The molecular weight excluding hydrogens is 186 g/mol. The Morgan fingerprint density at radius 2 is 2.07 bits per heavy atom. The molecular formula is C13H19NO. The Bertz CT molecular complexity index is 385. The van der Waals surface area contributed by atoms with Gasteiger partial charge in [-0.05, 0) is 50.5 Å². The number of hydrogen-bond acceptors (Lipinski definition) is 1. The van der Waals surface area contributed by atoms with Crippen LogP contribution in [0.2, 0.25) is 0 Å². The van der Waals surface area contributed by atoms with Crippen molar-refractivity contribution in [3.05, 3.63) is 28.6 Å². The van der Waals surface area contributed by atoms with Crippen LogP contribution in [0.15, 0.2) is 11.6 Å². The molecule has 2 nitrogen and oxygen atoms in total. The van der Waals surface area contributed by atoms with Crippen LogP contribution in [-0.2, 0) is 11.3 Å². The summed E-state index contributed by atoms with van der Waals surface area (Å²) in [4.78, 5) is 10.7. The van der Waals surface area contributed by atoms with Crippen molar-refractivity contribution in [2.75, 3.05) is 0 Å². The Morgan fingerprint density at radius 1 is 1.40 bits per heavy atom. The molecule has 0 amide bonds. The summed E-state index contributed by atoms with van der Waals surface area (Å²) in [6, 6.07) is 2.14. The monoisotopic (exact) mass is 205 g/mol. The number of allylic oxidation sites excluding steroid dienone is 1. The maximum Gasteiger partial charge on any atom is 0.146 e. The molecule has 0 aromatic carbocycles. The molecule has 0 unspecified atom stereocenters. The van der Waals surface area contributed by atoms with Crippen LogP contribution in [0.25, 0.3) is 6.08 Å². The number of aryl methyl sites for hydroxylation is 1. The van der Waals surface area contributed by atoms with Crippen LogP contribution in [0.3, 0.4) is 0 Å². The molecule has 0 N–H and O–H groups in total. The van der Waals surface area contributed by atoms with Crippen LogP contribution in [0.5, 0.6) is 0 Å². The first-order chi connectivity index (χ1) is 7.13. The highest BCUT2D eigenvalue weighted by Crippen LogP contribution is 2.18. The first-order valence-electron chi connectivity index (χ1n) is 5.46. The summed E-state index contributed by atoms with van der Waals surface area (Å²) in [6.45, 7) is 9.31. The van der Waals surface area contributed by atoms with E-state index in [1.54, 1.807) is 0 Å². The maximum absolute atomic E-state index is 10.7. The molecule has 0 spiro atoms. The zero-order chi connectivity index (χ0) is 11.4.